The van der Waals surface area contributed by atoms with Crippen LogP contribution in [0.15, 0.2) is 66.7 Å². The number of carbonyl (C=O) groups excluding carboxylic acids is 1. The van der Waals surface area contributed by atoms with Crippen LogP contribution in [0.25, 0.3) is 0 Å². The number of benzene rings is 3. The highest BCUT2D eigenvalue weighted by atomic mass is 16.5. The summed E-state index contributed by atoms with van der Waals surface area (Å²) in [5, 5.41) is 9.46. The normalized spacial score (nSPS) is 18.5. The van der Waals surface area contributed by atoms with E-state index in [-0.39, 0.29) is 12.0 Å². The van der Waals surface area contributed by atoms with Crippen molar-refractivity contribution < 1.29 is 9.53 Å². The molecule has 37 heavy (non-hydrogen) atoms. The molecule has 2 heterocycles. The maximum Gasteiger partial charge on any atom is 0.254 e. The van der Waals surface area contributed by atoms with Crippen molar-refractivity contribution >= 4 is 11.6 Å². The van der Waals surface area contributed by atoms with E-state index in [9.17, 15) is 10.1 Å². The zero-order valence-electron chi connectivity index (χ0n) is 21.7. The number of hydrogen-bond acceptors (Lipinski definition) is 5. The first kappa shape index (κ1) is 25.0. The first-order valence-electron chi connectivity index (χ1n) is 13.1. The van der Waals surface area contributed by atoms with Crippen LogP contribution in [0.5, 0.6) is 0 Å². The number of anilines is 1. The predicted molar refractivity (Wildman–Crippen MR) is 146 cm³/mol. The average molecular weight is 495 g/mol. The van der Waals surface area contributed by atoms with Gasteiger partial charge in [-0.25, -0.2) is 0 Å². The Kier molecular flexibility index (Phi) is 7.55. The quantitative estimate of drug-likeness (QED) is 0.514. The van der Waals surface area contributed by atoms with E-state index in [2.05, 4.69) is 59.2 Å². The van der Waals surface area contributed by atoms with Crippen molar-refractivity contribution in [3.05, 3.63) is 100 Å². The number of aryl methyl sites for hydroxylation is 2. The van der Waals surface area contributed by atoms with Crippen molar-refractivity contribution in [2.75, 3.05) is 50.8 Å². The van der Waals surface area contributed by atoms with Crippen LogP contribution in [0.3, 0.4) is 0 Å². The molecule has 5 rings (SSSR count). The predicted octanol–water partition coefficient (Wildman–Crippen LogP) is 4.71. The molecule has 2 aliphatic rings. The zero-order chi connectivity index (χ0) is 25.8. The molecule has 0 radical (unpaired) electrons. The van der Waals surface area contributed by atoms with E-state index in [1.54, 1.807) is 0 Å². The molecule has 0 aromatic heterocycles. The second-order valence-corrected chi connectivity index (χ2v) is 10.0. The lowest BCUT2D eigenvalue weighted by Crippen LogP contribution is -2.49. The molecule has 2 fully saturated rings. The van der Waals surface area contributed by atoms with Crippen LogP contribution in [0.2, 0.25) is 0 Å². The third-order valence-electron chi connectivity index (χ3n) is 7.56. The molecule has 3 aromatic rings. The van der Waals surface area contributed by atoms with Crippen molar-refractivity contribution in [1.29, 1.82) is 5.26 Å². The summed E-state index contributed by atoms with van der Waals surface area (Å²) in [6, 6.07) is 24.6. The summed E-state index contributed by atoms with van der Waals surface area (Å²) in [6.45, 7) is 10.1. The molecule has 0 spiro atoms. The fraction of sp³-hybridized carbons (Fsp3) is 0.355. The maximum absolute atomic E-state index is 13.6. The molecule has 1 amide bonds. The van der Waals surface area contributed by atoms with Crippen molar-refractivity contribution in [3.8, 4) is 6.07 Å². The van der Waals surface area contributed by atoms with Gasteiger partial charge in [-0.15, -0.1) is 0 Å². The average Bonchev–Trinajstić information content (AvgIpc) is 2.95. The van der Waals surface area contributed by atoms with Gasteiger partial charge in [0.25, 0.3) is 5.91 Å². The van der Waals surface area contributed by atoms with Crippen molar-refractivity contribution in [3.63, 3.8) is 0 Å². The number of rotatable bonds is 5. The van der Waals surface area contributed by atoms with Gasteiger partial charge in [0.05, 0.1) is 24.0 Å². The first-order chi connectivity index (χ1) is 18.0. The lowest BCUT2D eigenvalue weighted by atomic mass is 9.98. The number of piperazine rings is 1. The Labute approximate surface area is 219 Å². The van der Waals surface area contributed by atoms with Crippen LogP contribution >= 0.6 is 0 Å². The van der Waals surface area contributed by atoms with Crippen LogP contribution in [0, 0.1) is 25.2 Å². The highest BCUT2D eigenvalue weighted by molar-refractivity contribution is 5.96. The number of nitrogens with zero attached hydrogens (tertiary/aromatic N) is 4. The molecule has 2 aliphatic heterocycles. The number of para-hydroxylation sites is 1. The number of nitriles is 1. The van der Waals surface area contributed by atoms with E-state index in [1.165, 1.54) is 16.7 Å². The summed E-state index contributed by atoms with van der Waals surface area (Å²) >= 11 is 0. The van der Waals surface area contributed by atoms with Gasteiger partial charge >= 0.3 is 0 Å². The van der Waals surface area contributed by atoms with Crippen LogP contribution in [0.1, 0.15) is 44.3 Å². The molecule has 1 atom stereocenters. The Morgan fingerprint density at radius 3 is 2.43 bits per heavy atom. The van der Waals surface area contributed by atoms with Gasteiger partial charge in [0.2, 0.25) is 0 Å². The summed E-state index contributed by atoms with van der Waals surface area (Å²) in [5.74, 6) is 0.0936. The van der Waals surface area contributed by atoms with Crippen molar-refractivity contribution in [2.45, 2.75) is 26.5 Å². The largest absolute Gasteiger partial charge is 0.371 e. The molecule has 190 valence electrons. The van der Waals surface area contributed by atoms with Crippen LogP contribution < -0.4 is 4.90 Å². The molecule has 0 aliphatic carbocycles. The van der Waals surface area contributed by atoms with Gasteiger partial charge < -0.3 is 14.5 Å². The Morgan fingerprint density at radius 2 is 1.68 bits per heavy atom. The van der Waals surface area contributed by atoms with Gasteiger partial charge in [-0.3, -0.25) is 9.69 Å². The Bertz CT molecular complexity index is 1290. The molecule has 0 N–H and O–H groups in total. The van der Waals surface area contributed by atoms with Crippen molar-refractivity contribution in [2.24, 2.45) is 0 Å². The third kappa shape index (κ3) is 5.53. The zero-order valence-corrected chi connectivity index (χ0v) is 21.7. The minimum Gasteiger partial charge on any atom is -0.371 e. The summed E-state index contributed by atoms with van der Waals surface area (Å²) < 4.78 is 6.05. The molecule has 3 aromatic carbocycles. The molecule has 6 nitrogen and oxygen atoms in total. The molecule has 0 saturated carbocycles. The summed E-state index contributed by atoms with van der Waals surface area (Å²) in [4.78, 5) is 20.2. The fourth-order valence-corrected chi connectivity index (χ4v) is 5.42. The molecular weight excluding hydrogens is 460 g/mol. The SMILES string of the molecule is Cc1cc(C)c(C(=O)N2CCN(c3ccccc3C#N)CC2)cc1CN1CCOC(c2ccccc2)C1. The molecule has 0 bridgehead atoms. The minimum absolute atomic E-state index is 0.0734. The van der Waals surface area contributed by atoms with Crippen LogP contribution in [-0.2, 0) is 11.3 Å². The number of ether oxygens (including phenoxy) is 1. The fourth-order valence-electron chi connectivity index (χ4n) is 5.42. The van der Waals surface area contributed by atoms with E-state index in [4.69, 9.17) is 4.74 Å². The molecular formula is C31H34N4O2. The number of carbonyl (C=O) groups is 1. The van der Waals surface area contributed by atoms with Gasteiger partial charge in [-0.1, -0.05) is 48.5 Å². The summed E-state index contributed by atoms with van der Waals surface area (Å²) in [5.41, 5.74) is 7.07. The van der Waals surface area contributed by atoms with Gasteiger partial charge in [-0.2, -0.15) is 5.26 Å². The maximum atomic E-state index is 13.6. The van der Waals surface area contributed by atoms with Crippen LogP contribution in [-0.4, -0.2) is 61.6 Å². The van der Waals surface area contributed by atoms with Gasteiger partial charge in [0.15, 0.2) is 0 Å². The molecule has 1 unspecified atom stereocenters. The minimum atomic E-state index is 0.0734. The summed E-state index contributed by atoms with van der Waals surface area (Å²) in [7, 11) is 0. The Hall–Kier alpha value is -3.66. The highest BCUT2D eigenvalue weighted by Gasteiger charge is 2.26. The number of amides is 1. The summed E-state index contributed by atoms with van der Waals surface area (Å²) in [6.07, 6.45) is 0.0734. The van der Waals surface area contributed by atoms with Crippen molar-refractivity contribution in [1.82, 2.24) is 9.80 Å². The smallest absolute Gasteiger partial charge is 0.254 e. The van der Waals surface area contributed by atoms with E-state index >= 15 is 0 Å². The Morgan fingerprint density at radius 1 is 0.946 bits per heavy atom. The molecule has 6 heteroatoms. The monoisotopic (exact) mass is 494 g/mol. The lowest BCUT2D eigenvalue weighted by Gasteiger charge is -2.37. The van der Waals surface area contributed by atoms with Gasteiger partial charge in [0.1, 0.15) is 6.07 Å². The van der Waals surface area contributed by atoms with E-state index in [1.807, 2.05) is 42.2 Å². The third-order valence-corrected chi connectivity index (χ3v) is 7.56. The first-order valence-corrected chi connectivity index (χ1v) is 13.1. The standard InChI is InChI=1S/C31H34N4O2/c1-23-18-24(2)28(19-27(23)21-33-16-17-37-30(22-33)25-8-4-3-5-9-25)31(36)35-14-12-34(13-15-35)29-11-7-6-10-26(29)20-32/h3-11,18-19,30H,12-17,21-22H2,1-2H3. The molecule has 2 saturated heterocycles. The Balaban J connectivity index is 1.27. The van der Waals surface area contributed by atoms with E-state index < -0.39 is 0 Å². The second-order valence-electron chi connectivity index (χ2n) is 10.0. The van der Waals surface area contributed by atoms with E-state index in [0.717, 1.165) is 49.5 Å². The van der Waals surface area contributed by atoms with Gasteiger partial charge in [-0.05, 0) is 54.3 Å². The highest BCUT2D eigenvalue weighted by Crippen LogP contribution is 2.26. The lowest BCUT2D eigenvalue weighted by molar-refractivity contribution is -0.0329. The van der Waals surface area contributed by atoms with Crippen LogP contribution in [0.4, 0.5) is 5.69 Å². The number of hydrogen-bond donors (Lipinski definition) is 0. The van der Waals surface area contributed by atoms with Gasteiger partial charge in [0, 0.05) is 51.4 Å². The second kappa shape index (κ2) is 11.2. The number of morpholine rings is 1. The van der Waals surface area contributed by atoms with E-state index in [0.29, 0.717) is 25.3 Å². The topological polar surface area (TPSA) is 59.8 Å².